The van der Waals surface area contributed by atoms with Crippen LogP contribution in [0.2, 0.25) is 0 Å². The highest BCUT2D eigenvalue weighted by Crippen LogP contribution is 2.00. The Labute approximate surface area is 141 Å². The standard InChI is InChI=1S/C13H21NO2.C4H4O4/c1-11(2)14-8-13(15)10-16-9-12-6-4-3-5-7-12;5-3(6)1-2-4(7)8/h3-7,11,13-15H,8-10H2,1-2H3;1-2H,(H,5,6)(H,7,8)/b;2-1-. The molecule has 1 unspecified atom stereocenters. The van der Waals surface area contributed by atoms with Gasteiger partial charge in [0.15, 0.2) is 0 Å². The maximum Gasteiger partial charge on any atom is 0.328 e. The molecule has 0 heterocycles. The SMILES string of the molecule is CC(C)NCC(O)COCc1ccccc1.O=C(O)/C=C\C(=O)O. The van der Waals surface area contributed by atoms with Crippen LogP contribution in [0.3, 0.4) is 0 Å². The van der Waals surface area contributed by atoms with Crippen molar-refractivity contribution in [1.29, 1.82) is 0 Å². The molecule has 0 saturated carbocycles. The van der Waals surface area contributed by atoms with Crippen molar-refractivity contribution in [3.05, 3.63) is 48.0 Å². The van der Waals surface area contributed by atoms with Gasteiger partial charge in [0.1, 0.15) is 0 Å². The molecule has 0 amide bonds. The Morgan fingerprint density at radius 2 is 1.67 bits per heavy atom. The number of nitrogens with one attached hydrogen (secondary N) is 1. The van der Waals surface area contributed by atoms with E-state index < -0.39 is 18.0 Å². The molecule has 0 radical (unpaired) electrons. The number of carbonyl (C=O) groups is 2. The fourth-order valence-electron chi connectivity index (χ4n) is 1.46. The molecule has 0 aliphatic heterocycles. The summed E-state index contributed by atoms with van der Waals surface area (Å²) in [6.45, 7) is 5.61. The van der Waals surface area contributed by atoms with E-state index in [1.807, 2.05) is 30.3 Å². The quantitative estimate of drug-likeness (QED) is 0.501. The topological polar surface area (TPSA) is 116 Å². The Bertz CT molecular complexity index is 485. The van der Waals surface area contributed by atoms with Crippen LogP contribution >= 0.6 is 0 Å². The molecular formula is C17H25NO6. The molecule has 24 heavy (non-hydrogen) atoms. The zero-order valence-electron chi connectivity index (χ0n) is 13.9. The van der Waals surface area contributed by atoms with E-state index >= 15 is 0 Å². The number of hydrogen-bond donors (Lipinski definition) is 4. The highest BCUT2D eigenvalue weighted by atomic mass is 16.5. The zero-order valence-corrected chi connectivity index (χ0v) is 13.9. The van der Waals surface area contributed by atoms with Crippen LogP contribution in [0.25, 0.3) is 0 Å². The molecule has 0 spiro atoms. The van der Waals surface area contributed by atoms with Gasteiger partial charge >= 0.3 is 11.9 Å². The van der Waals surface area contributed by atoms with Gasteiger partial charge in [-0.2, -0.15) is 0 Å². The van der Waals surface area contributed by atoms with Crippen molar-refractivity contribution in [3.8, 4) is 0 Å². The van der Waals surface area contributed by atoms with Gasteiger partial charge < -0.3 is 25.4 Å². The molecule has 0 bridgehead atoms. The number of aliphatic hydroxyl groups excluding tert-OH is 1. The van der Waals surface area contributed by atoms with Crippen LogP contribution in [0.1, 0.15) is 19.4 Å². The lowest BCUT2D eigenvalue weighted by Crippen LogP contribution is -2.34. The van der Waals surface area contributed by atoms with Gasteiger partial charge in [-0.05, 0) is 5.56 Å². The van der Waals surface area contributed by atoms with Crippen LogP contribution in [-0.2, 0) is 20.9 Å². The van der Waals surface area contributed by atoms with E-state index in [2.05, 4.69) is 19.2 Å². The number of ether oxygens (including phenoxy) is 1. The summed E-state index contributed by atoms with van der Waals surface area (Å²) in [5, 5.41) is 28.4. The minimum atomic E-state index is -1.26. The molecule has 1 atom stereocenters. The Kier molecular flexibility index (Phi) is 12.0. The molecule has 0 aromatic heterocycles. The molecule has 4 N–H and O–H groups in total. The van der Waals surface area contributed by atoms with Gasteiger partial charge in [-0.15, -0.1) is 0 Å². The van der Waals surface area contributed by atoms with Crippen LogP contribution in [0.4, 0.5) is 0 Å². The number of aliphatic carboxylic acids is 2. The Balaban J connectivity index is 0.000000561. The second-order valence-corrected chi connectivity index (χ2v) is 5.23. The number of benzene rings is 1. The summed E-state index contributed by atoms with van der Waals surface area (Å²) < 4.78 is 5.42. The van der Waals surface area contributed by atoms with E-state index in [9.17, 15) is 14.7 Å². The molecule has 134 valence electrons. The number of aliphatic hydroxyl groups is 1. The molecule has 0 saturated heterocycles. The van der Waals surface area contributed by atoms with Gasteiger partial charge in [0.25, 0.3) is 0 Å². The van der Waals surface area contributed by atoms with Crippen LogP contribution in [-0.4, -0.2) is 52.6 Å². The summed E-state index contributed by atoms with van der Waals surface area (Å²) in [6, 6.07) is 10.4. The summed E-state index contributed by atoms with van der Waals surface area (Å²) in [4.78, 5) is 19.1. The summed E-state index contributed by atoms with van der Waals surface area (Å²) >= 11 is 0. The molecule has 1 rings (SSSR count). The van der Waals surface area contributed by atoms with Crippen molar-refractivity contribution in [3.63, 3.8) is 0 Å². The van der Waals surface area contributed by atoms with Gasteiger partial charge in [-0.25, -0.2) is 9.59 Å². The van der Waals surface area contributed by atoms with Crippen molar-refractivity contribution >= 4 is 11.9 Å². The number of rotatable bonds is 9. The third-order valence-electron chi connectivity index (χ3n) is 2.55. The summed E-state index contributed by atoms with van der Waals surface area (Å²) in [5.74, 6) is -2.51. The second-order valence-electron chi connectivity index (χ2n) is 5.23. The van der Waals surface area contributed by atoms with Crippen LogP contribution in [0, 0.1) is 0 Å². The average Bonchev–Trinajstić information content (AvgIpc) is 2.52. The zero-order chi connectivity index (χ0) is 18.4. The molecule has 0 fully saturated rings. The van der Waals surface area contributed by atoms with Gasteiger partial charge in [0.2, 0.25) is 0 Å². The van der Waals surface area contributed by atoms with Gasteiger partial charge in [-0.3, -0.25) is 0 Å². The van der Waals surface area contributed by atoms with E-state index in [-0.39, 0.29) is 0 Å². The molecule has 7 heteroatoms. The van der Waals surface area contributed by atoms with E-state index in [0.717, 1.165) is 5.56 Å². The third kappa shape index (κ3) is 14.7. The van der Waals surface area contributed by atoms with Crippen molar-refractivity contribution in [2.75, 3.05) is 13.2 Å². The van der Waals surface area contributed by atoms with Crippen molar-refractivity contribution in [1.82, 2.24) is 5.32 Å². The maximum absolute atomic E-state index is 9.59. The highest BCUT2D eigenvalue weighted by molar-refractivity contribution is 5.89. The van der Waals surface area contributed by atoms with Crippen LogP contribution in [0.15, 0.2) is 42.5 Å². The lowest BCUT2D eigenvalue weighted by atomic mass is 10.2. The summed E-state index contributed by atoms with van der Waals surface area (Å²) in [6.07, 6.45) is 0.677. The molecule has 0 aliphatic carbocycles. The number of carboxylic acids is 2. The monoisotopic (exact) mass is 339 g/mol. The van der Waals surface area contributed by atoms with E-state index in [1.54, 1.807) is 0 Å². The fraction of sp³-hybridized carbons (Fsp3) is 0.412. The number of hydrogen-bond acceptors (Lipinski definition) is 5. The predicted molar refractivity (Wildman–Crippen MR) is 89.7 cm³/mol. The van der Waals surface area contributed by atoms with Crippen LogP contribution < -0.4 is 5.32 Å². The third-order valence-corrected chi connectivity index (χ3v) is 2.55. The highest BCUT2D eigenvalue weighted by Gasteiger charge is 2.04. The lowest BCUT2D eigenvalue weighted by Gasteiger charge is -2.14. The van der Waals surface area contributed by atoms with E-state index in [4.69, 9.17) is 14.9 Å². The first-order valence-corrected chi connectivity index (χ1v) is 7.48. The summed E-state index contributed by atoms with van der Waals surface area (Å²) in [5.41, 5.74) is 1.13. The predicted octanol–water partition coefficient (Wildman–Crippen LogP) is 1.27. The van der Waals surface area contributed by atoms with Crippen molar-refractivity contribution in [2.24, 2.45) is 0 Å². The van der Waals surface area contributed by atoms with Crippen LogP contribution in [0.5, 0.6) is 0 Å². The molecule has 1 aromatic carbocycles. The molecule has 0 aliphatic rings. The van der Waals surface area contributed by atoms with Gasteiger partial charge in [0, 0.05) is 24.7 Å². The molecule has 7 nitrogen and oxygen atoms in total. The molecular weight excluding hydrogens is 314 g/mol. The Morgan fingerprint density at radius 3 is 2.12 bits per heavy atom. The van der Waals surface area contributed by atoms with Gasteiger partial charge in [-0.1, -0.05) is 44.2 Å². The minimum absolute atomic E-state index is 0.370. The van der Waals surface area contributed by atoms with E-state index in [0.29, 0.717) is 38.0 Å². The normalized spacial score (nSPS) is 11.8. The fourth-order valence-corrected chi connectivity index (χ4v) is 1.46. The Hall–Kier alpha value is -2.22. The van der Waals surface area contributed by atoms with E-state index in [1.165, 1.54) is 0 Å². The molecule has 1 aromatic rings. The largest absolute Gasteiger partial charge is 0.478 e. The first-order chi connectivity index (χ1) is 11.3. The van der Waals surface area contributed by atoms with Crippen molar-refractivity contribution < 1.29 is 29.6 Å². The van der Waals surface area contributed by atoms with Gasteiger partial charge in [0.05, 0.1) is 19.3 Å². The Morgan fingerprint density at radius 1 is 1.12 bits per heavy atom. The van der Waals surface area contributed by atoms with Crippen molar-refractivity contribution in [2.45, 2.75) is 32.6 Å². The average molecular weight is 339 g/mol. The first kappa shape index (κ1) is 21.8. The smallest absolute Gasteiger partial charge is 0.328 e. The second kappa shape index (κ2) is 13.2. The summed E-state index contributed by atoms with van der Waals surface area (Å²) in [7, 11) is 0. The number of carboxylic acid groups (broad SMARTS) is 2. The first-order valence-electron chi connectivity index (χ1n) is 7.48. The minimum Gasteiger partial charge on any atom is -0.478 e. The lowest BCUT2D eigenvalue weighted by molar-refractivity contribution is -0.134. The maximum atomic E-state index is 9.59.